The summed E-state index contributed by atoms with van der Waals surface area (Å²) in [6.07, 6.45) is -0.435. The molecule has 1 amide bonds. The van der Waals surface area contributed by atoms with Gasteiger partial charge in [0.2, 0.25) is 10.0 Å². The number of aryl methyl sites for hydroxylation is 2. The maximum Gasteiger partial charge on any atom is 0.309 e. The van der Waals surface area contributed by atoms with Crippen molar-refractivity contribution in [3.8, 4) is 6.07 Å². The predicted molar refractivity (Wildman–Crippen MR) is 132 cm³/mol. The number of piperidine rings is 1. The van der Waals surface area contributed by atoms with Crippen LogP contribution in [0.2, 0.25) is 0 Å². The molecule has 1 saturated heterocycles. The molecule has 186 valence electrons. The first kappa shape index (κ1) is 26.4. The Kier molecular flexibility index (Phi) is 7.98. The molecule has 2 aromatic carbocycles. The molecule has 8 nitrogen and oxygen atoms in total. The number of nitrogens with zero attached hydrogens (tertiary/aromatic N) is 2. The molecule has 0 aromatic heterocycles. The Bertz CT molecular complexity index is 1260. The summed E-state index contributed by atoms with van der Waals surface area (Å²) in [4.78, 5) is 25.5. The number of ether oxygens (including phenoxy) is 1. The van der Waals surface area contributed by atoms with Gasteiger partial charge in [-0.3, -0.25) is 9.59 Å². The lowest BCUT2D eigenvalue weighted by molar-refractivity contribution is -0.158. The minimum atomic E-state index is -3.70. The van der Waals surface area contributed by atoms with Crippen LogP contribution in [0.5, 0.6) is 0 Å². The van der Waals surface area contributed by atoms with Crippen molar-refractivity contribution >= 4 is 27.6 Å². The molecule has 9 heteroatoms. The Hall–Kier alpha value is -3.22. The fourth-order valence-corrected chi connectivity index (χ4v) is 6.32. The van der Waals surface area contributed by atoms with E-state index < -0.39 is 33.9 Å². The number of carbonyl (C=O) groups excluding carboxylic acids is 2. The molecule has 0 bridgehead atoms. The van der Waals surface area contributed by atoms with Gasteiger partial charge in [0.05, 0.1) is 22.1 Å². The van der Waals surface area contributed by atoms with Crippen LogP contribution in [0, 0.1) is 44.9 Å². The third-order valence-electron chi connectivity index (χ3n) is 6.65. The zero-order chi connectivity index (χ0) is 25.9. The van der Waals surface area contributed by atoms with Gasteiger partial charge in [-0.1, -0.05) is 18.2 Å². The first-order valence-corrected chi connectivity index (χ1v) is 13.0. The van der Waals surface area contributed by atoms with Gasteiger partial charge in [0, 0.05) is 13.1 Å². The minimum Gasteiger partial charge on any atom is -0.452 e. The number of sulfonamides is 1. The Morgan fingerprint density at radius 2 is 1.66 bits per heavy atom. The second-order valence-corrected chi connectivity index (χ2v) is 10.9. The summed E-state index contributed by atoms with van der Waals surface area (Å²) < 4.78 is 33.7. The highest BCUT2D eigenvalue weighted by atomic mass is 32.2. The molecule has 0 spiro atoms. The van der Waals surface area contributed by atoms with Crippen LogP contribution in [0.4, 0.5) is 5.69 Å². The maximum atomic E-state index is 13.4. The number of benzene rings is 2. The van der Waals surface area contributed by atoms with E-state index in [1.807, 2.05) is 39.8 Å². The number of esters is 1. The van der Waals surface area contributed by atoms with Crippen LogP contribution >= 0.6 is 0 Å². The van der Waals surface area contributed by atoms with E-state index in [4.69, 9.17) is 10.00 Å². The normalized spacial score (nSPS) is 15.8. The van der Waals surface area contributed by atoms with E-state index in [-0.39, 0.29) is 13.1 Å². The van der Waals surface area contributed by atoms with Gasteiger partial charge < -0.3 is 10.1 Å². The first-order chi connectivity index (χ1) is 16.5. The Morgan fingerprint density at radius 1 is 1.09 bits per heavy atom. The molecule has 0 aliphatic carbocycles. The van der Waals surface area contributed by atoms with E-state index in [0.717, 1.165) is 22.3 Å². The van der Waals surface area contributed by atoms with Gasteiger partial charge in [-0.15, -0.1) is 0 Å². The van der Waals surface area contributed by atoms with Crippen molar-refractivity contribution in [2.75, 3.05) is 18.4 Å². The second-order valence-electron chi connectivity index (χ2n) is 8.99. The van der Waals surface area contributed by atoms with Crippen LogP contribution in [0.3, 0.4) is 0 Å². The first-order valence-electron chi connectivity index (χ1n) is 11.6. The summed E-state index contributed by atoms with van der Waals surface area (Å²) in [6.45, 7) is 9.31. The number of rotatable bonds is 6. The van der Waals surface area contributed by atoms with Crippen LogP contribution in [-0.2, 0) is 24.3 Å². The number of nitriles is 1. The SMILES string of the molecule is Cc1cc(C)c(C)c(S(=O)(=O)N2CCC(C(=O)OC(C)C(=O)Nc3ccccc3C#N)CC2)c1C. The van der Waals surface area contributed by atoms with Crippen LogP contribution in [0.1, 0.15) is 47.6 Å². The van der Waals surface area contributed by atoms with Gasteiger partial charge in [0.1, 0.15) is 6.07 Å². The molecule has 1 N–H and O–H groups in total. The summed E-state index contributed by atoms with van der Waals surface area (Å²) >= 11 is 0. The van der Waals surface area contributed by atoms with Crippen molar-refractivity contribution in [3.05, 3.63) is 58.1 Å². The molecule has 0 saturated carbocycles. The summed E-state index contributed by atoms with van der Waals surface area (Å²) in [5.74, 6) is -1.57. The van der Waals surface area contributed by atoms with E-state index in [1.165, 1.54) is 11.2 Å². The third-order valence-corrected chi connectivity index (χ3v) is 8.82. The van der Waals surface area contributed by atoms with Crippen LogP contribution in [-0.4, -0.2) is 43.8 Å². The number of nitrogens with one attached hydrogen (secondary N) is 1. The van der Waals surface area contributed by atoms with Crippen LogP contribution < -0.4 is 5.32 Å². The summed E-state index contributed by atoms with van der Waals surface area (Å²) in [6, 6.07) is 10.5. The van der Waals surface area contributed by atoms with E-state index in [1.54, 1.807) is 24.3 Å². The van der Waals surface area contributed by atoms with Crippen molar-refractivity contribution < 1.29 is 22.7 Å². The Balaban J connectivity index is 1.62. The maximum absolute atomic E-state index is 13.4. The summed E-state index contributed by atoms with van der Waals surface area (Å²) in [5.41, 5.74) is 3.99. The molecule has 1 heterocycles. The lowest BCUT2D eigenvalue weighted by Gasteiger charge is -2.31. The monoisotopic (exact) mass is 497 g/mol. The number of carbonyl (C=O) groups is 2. The van der Waals surface area contributed by atoms with Crippen molar-refractivity contribution in [2.24, 2.45) is 5.92 Å². The largest absolute Gasteiger partial charge is 0.452 e. The van der Waals surface area contributed by atoms with Crippen LogP contribution in [0.15, 0.2) is 35.2 Å². The molecular weight excluding hydrogens is 466 g/mol. The van der Waals surface area contributed by atoms with E-state index in [0.29, 0.717) is 29.0 Å². The number of hydrogen-bond donors (Lipinski definition) is 1. The zero-order valence-corrected chi connectivity index (χ0v) is 21.5. The van der Waals surface area contributed by atoms with Crippen molar-refractivity contribution in [3.63, 3.8) is 0 Å². The number of hydrogen-bond acceptors (Lipinski definition) is 6. The molecule has 0 radical (unpaired) electrons. The van der Waals surface area contributed by atoms with Crippen molar-refractivity contribution in [1.29, 1.82) is 5.26 Å². The molecule has 1 fully saturated rings. The molecule has 1 unspecified atom stereocenters. The average Bonchev–Trinajstić information content (AvgIpc) is 2.83. The smallest absolute Gasteiger partial charge is 0.309 e. The molecule has 1 aliphatic heterocycles. The fourth-order valence-electron chi connectivity index (χ4n) is 4.28. The molecule has 1 atom stereocenters. The van der Waals surface area contributed by atoms with Crippen molar-refractivity contribution in [1.82, 2.24) is 4.31 Å². The van der Waals surface area contributed by atoms with Gasteiger partial charge in [-0.05, 0) is 81.8 Å². The predicted octanol–water partition coefficient (Wildman–Crippen LogP) is 3.76. The highest BCUT2D eigenvalue weighted by molar-refractivity contribution is 7.89. The van der Waals surface area contributed by atoms with Crippen LogP contribution in [0.25, 0.3) is 0 Å². The van der Waals surface area contributed by atoms with Gasteiger partial charge in [0.25, 0.3) is 5.91 Å². The van der Waals surface area contributed by atoms with E-state index in [9.17, 15) is 18.0 Å². The van der Waals surface area contributed by atoms with Gasteiger partial charge in [-0.2, -0.15) is 9.57 Å². The lowest BCUT2D eigenvalue weighted by Crippen LogP contribution is -2.42. The molecule has 2 aromatic rings. The van der Waals surface area contributed by atoms with E-state index >= 15 is 0 Å². The minimum absolute atomic E-state index is 0.199. The van der Waals surface area contributed by atoms with Gasteiger partial charge in [0.15, 0.2) is 6.10 Å². The van der Waals surface area contributed by atoms with Gasteiger partial charge in [-0.25, -0.2) is 8.42 Å². The highest BCUT2D eigenvalue weighted by Gasteiger charge is 2.35. The fraction of sp³-hybridized carbons (Fsp3) is 0.423. The molecule has 1 aliphatic rings. The average molecular weight is 498 g/mol. The molecule has 35 heavy (non-hydrogen) atoms. The van der Waals surface area contributed by atoms with E-state index in [2.05, 4.69) is 5.32 Å². The quantitative estimate of drug-likeness (QED) is 0.608. The number of amides is 1. The topological polar surface area (TPSA) is 117 Å². The molecular formula is C26H31N3O5S. The van der Waals surface area contributed by atoms with Crippen molar-refractivity contribution in [2.45, 2.75) is 58.5 Å². The zero-order valence-electron chi connectivity index (χ0n) is 20.7. The standard InChI is InChI=1S/C26H31N3O5S/c1-16-14-17(2)19(4)24(18(16)3)35(32,33)29-12-10-21(11-13-29)26(31)34-20(5)25(30)28-23-9-7-6-8-22(23)15-27/h6-9,14,20-21H,10-13H2,1-5H3,(H,28,30). The highest BCUT2D eigenvalue weighted by Crippen LogP contribution is 2.31. The number of anilines is 1. The number of para-hydroxylation sites is 1. The summed E-state index contributed by atoms with van der Waals surface area (Å²) in [7, 11) is -3.70. The Morgan fingerprint density at radius 3 is 2.23 bits per heavy atom. The summed E-state index contributed by atoms with van der Waals surface area (Å²) in [5, 5.41) is 11.8. The second kappa shape index (κ2) is 10.6. The lowest BCUT2D eigenvalue weighted by atomic mass is 9.98. The Labute approximate surface area is 206 Å². The van der Waals surface area contributed by atoms with Gasteiger partial charge >= 0.3 is 5.97 Å². The molecule has 3 rings (SSSR count). The third kappa shape index (κ3) is 5.55.